The summed E-state index contributed by atoms with van der Waals surface area (Å²) in [5.41, 5.74) is 5.69. The normalized spacial score (nSPS) is 11.2. The molecule has 0 nitrogen and oxygen atoms in total. The molecule has 0 saturated heterocycles. The van der Waals surface area contributed by atoms with E-state index in [-0.39, 0.29) is 19.5 Å². The van der Waals surface area contributed by atoms with Gasteiger partial charge in [0, 0.05) is 19.5 Å². The summed E-state index contributed by atoms with van der Waals surface area (Å²) in [5.74, 6) is 0. The van der Waals surface area contributed by atoms with Crippen LogP contribution < -0.4 is 0 Å². The van der Waals surface area contributed by atoms with Gasteiger partial charge < -0.3 is 0 Å². The Bertz CT molecular complexity index is 700. The van der Waals surface area contributed by atoms with E-state index < -0.39 is 0 Å². The van der Waals surface area contributed by atoms with Crippen LogP contribution in [-0.4, -0.2) is 0 Å². The van der Waals surface area contributed by atoms with Gasteiger partial charge in [0.25, 0.3) is 0 Å². The van der Waals surface area contributed by atoms with Crippen LogP contribution in [-0.2, 0) is 19.5 Å². The van der Waals surface area contributed by atoms with Crippen molar-refractivity contribution in [2.24, 2.45) is 0 Å². The summed E-state index contributed by atoms with van der Waals surface area (Å²) in [6, 6.07) is 13.6. The number of aryl methyl sites for hydroxylation is 4. The Hall–Kier alpha value is -0.597. The molecule has 3 aromatic rings. The molecule has 1 aromatic carbocycles. The van der Waals surface area contributed by atoms with Crippen LogP contribution >= 0.6 is 16.4 Å². The van der Waals surface area contributed by atoms with E-state index >= 15 is 0 Å². The molecular weight excluding hydrogens is 381 g/mol. The standard InChI is InChI=1S/C18H20P2.Rh/c1-11-9-17(13(3)19-11)15-7-5-6-8-16(15)18-10-12(2)20-14(18)4;/h5-10,19-20H,1-4H3;. The van der Waals surface area contributed by atoms with Crippen LogP contribution in [0.5, 0.6) is 0 Å². The fraction of sp³-hybridized carbons (Fsp3) is 0.222. The molecule has 0 spiro atoms. The first-order valence-corrected chi connectivity index (χ1v) is 8.98. The number of benzene rings is 1. The van der Waals surface area contributed by atoms with E-state index in [2.05, 4.69) is 64.1 Å². The van der Waals surface area contributed by atoms with Crippen molar-refractivity contribution in [2.45, 2.75) is 27.7 Å². The molecule has 2 heterocycles. The van der Waals surface area contributed by atoms with E-state index in [1.54, 1.807) is 0 Å². The molecular formula is C18H20P2Rh. The van der Waals surface area contributed by atoms with Crippen molar-refractivity contribution < 1.29 is 19.5 Å². The molecule has 0 aliphatic carbocycles. The quantitative estimate of drug-likeness (QED) is 0.441. The zero-order valence-corrected chi connectivity index (χ0v) is 16.4. The second-order valence-electron chi connectivity index (χ2n) is 5.53. The Balaban J connectivity index is 0.00000161. The zero-order valence-electron chi connectivity index (χ0n) is 12.8. The van der Waals surface area contributed by atoms with Gasteiger partial charge in [-0.3, -0.25) is 0 Å². The predicted octanol–water partition coefficient (Wildman–Crippen LogP) is 6.31. The molecule has 3 heteroatoms. The van der Waals surface area contributed by atoms with Crippen LogP contribution in [0.25, 0.3) is 22.3 Å². The molecule has 2 aromatic heterocycles. The summed E-state index contributed by atoms with van der Waals surface area (Å²) in [4.78, 5) is 0. The average Bonchev–Trinajstić information content (AvgIpc) is 2.91. The summed E-state index contributed by atoms with van der Waals surface area (Å²) in [7, 11) is 1.74. The van der Waals surface area contributed by atoms with Gasteiger partial charge in [0.15, 0.2) is 0 Å². The van der Waals surface area contributed by atoms with Gasteiger partial charge in [0.2, 0.25) is 0 Å². The van der Waals surface area contributed by atoms with Gasteiger partial charge in [-0.25, -0.2) is 0 Å². The summed E-state index contributed by atoms with van der Waals surface area (Å²) in [6.07, 6.45) is 0. The van der Waals surface area contributed by atoms with Crippen LogP contribution in [0.2, 0.25) is 0 Å². The maximum absolute atomic E-state index is 2.37. The zero-order chi connectivity index (χ0) is 14.3. The molecule has 0 fully saturated rings. The van der Waals surface area contributed by atoms with E-state index in [4.69, 9.17) is 0 Å². The van der Waals surface area contributed by atoms with Crippen LogP contribution in [0.3, 0.4) is 0 Å². The fourth-order valence-electron chi connectivity index (χ4n) is 2.96. The van der Waals surface area contributed by atoms with E-state index in [0.717, 1.165) is 16.4 Å². The third-order valence-corrected chi connectivity index (χ3v) is 6.17. The third kappa shape index (κ3) is 3.27. The SMILES string of the molecule is Cc1cc(-c2ccccc2-c2cc(C)[pH]c2C)c(C)[pH]1.[Rh]. The molecule has 21 heavy (non-hydrogen) atoms. The first-order valence-electron chi connectivity index (χ1n) is 6.98. The molecule has 0 aliphatic heterocycles. The number of hydrogen-bond donors (Lipinski definition) is 0. The first kappa shape index (κ1) is 16.8. The van der Waals surface area contributed by atoms with Crippen molar-refractivity contribution >= 4 is 16.4 Å². The van der Waals surface area contributed by atoms with Crippen LogP contribution in [0.4, 0.5) is 0 Å². The number of rotatable bonds is 2. The molecule has 3 rings (SSSR count). The maximum atomic E-state index is 2.37. The van der Waals surface area contributed by atoms with Gasteiger partial charge in [-0.1, -0.05) is 24.3 Å². The van der Waals surface area contributed by atoms with Gasteiger partial charge in [-0.05, 0) is 83.3 Å². The monoisotopic (exact) mass is 401 g/mol. The van der Waals surface area contributed by atoms with Crippen LogP contribution in [0, 0.1) is 27.7 Å². The Morgan fingerprint density at radius 2 is 1.00 bits per heavy atom. The Labute approximate surface area is 143 Å². The van der Waals surface area contributed by atoms with E-state index in [9.17, 15) is 0 Å². The van der Waals surface area contributed by atoms with Crippen molar-refractivity contribution in [3.8, 4) is 22.3 Å². The molecule has 0 bridgehead atoms. The molecule has 0 amide bonds. The average molecular weight is 401 g/mol. The van der Waals surface area contributed by atoms with Gasteiger partial charge in [-0.15, -0.1) is 16.4 Å². The van der Waals surface area contributed by atoms with Gasteiger partial charge in [-0.2, -0.15) is 0 Å². The second-order valence-corrected chi connectivity index (χ2v) is 9.10. The van der Waals surface area contributed by atoms with Gasteiger partial charge >= 0.3 is 0 Å². The minimum Gasteiger partial charge on any atom is -0.133 e. The third-order valence-electron chi connectivity index (χ3n) is 3.81. The fourth-order valence-corrected chi connectivity index (χ4v) is 5.26. The Morgan fingerprint density at radius 1 is 0.619 bits per heavy atom. The summed E-state index contributed by atoms with van der Waals surface area (Å²) in [5, 5.41) is 6.04. The van der Waals surface area contributed by atoms with E-state index in [1.165, 1.54) is 43.4 Å². The van der Waals surface area contributed by atoms with Gasteiger partial charge in [0.05, 0.1) is 0 Å². The van der Waals surface area contributed by atoms with Crippen molar-refractivity contribution in [2.75, 3.05) is 0 Å². The van der Waals surface area contributed by atoms with Crippen LogP contribution in [0.15, 0.2) is 36.4 Å². The predicted molar refractivity (Wildman–Crippen MR) is 95.3 cm³/mol. The Kier molecular flexibility index (Phi) is 5.32. The number of hydrogen-bond acceptors (Lipinski definition) is 0. The molecule has 1 radical (unpaired) electrons. The van der Waals surface area contributed by atoms with Crippen molar-refractivity contribution in [3.63, 3.8) is 0 Å². The van der Waals surface area contributed by atoms with Crippen molar-refractivity contribution in [1.82, 2.24) is 0 Å². The topological polar surface area (TPSA) is 0 Å². The summed E-state index contributed by atoms with van der Waals surface area (Å²) in [6.45, 7) is 9.03. The summed E-state index contributed by atoms with van der Waals surface area (Å²) >= 11 is 0. The summed E-state index contributed by atoms with van der Waals surface area (Å²) < 4.78 is 0. The first-order chi connectivity index (χ1) is 9.56. The second kappa shape index (κ2) is 6.66. The van der Waals surface area contributed by atoms with Crippen LogP contribution in [0.1, 0.15) is 21.2 Å². The molecule has 111 valence electrons. The molecule has 0 N–H and O–H groups in total. The molecule has 0 saturated carbocycles. The van der Waals surface area contributed by atoms with Crippen molar-refractivity contribution in [1.29, 1.82) is 0 Å². The largest absolute Gasteiger partial charge is 0.133 e. The Morgan fingerprint density at radius 3 is 1.29 bits per heavy atom. The maximum Gasteiger partial charge on any atom is 0 e. The van der Waals surface area contributed by atoms with Crippen molar-refractivity contribution in [3.05, 3.63) is 57.6 Å². The van der Waals surface area contributed by atoms with Gasteiger partial charge in [0.1, 0.15) is 0 Å². The molecule has 2 unspecified atom stereocenters. The van der Waals surface area contributed by atoms with E-state index in [0.29, 0.717) is 0 Å². The molecule has 0 aliphatic rings. The van der Waals surface area contributed by atoms with E-state index in [1.807, 2.05) is 0 Å². The smallest absolute Gasteiger partial charge is 0 e. The molecule has 2 atom stereocenters. The minimum atomic E-state index is 0. The minimum absolute atomic E-state index is 0.